The molecule has 3 aromatic carbocycles. The monoisotopic (exact) mass is 582 g/mol. The SMILES string of the molecule is COc1cc(NC(=O)CCCc2ccc(NC(=O)O)c(-c3ccccc3)c2)c(Cl)cc1CO[Si](C)(C)C(C)(C)C. The zero-order valence-corrected chi connectivity index (χ0v) is 25.8. The Morgan fingerprint density at radius 3 is 2.30 bits per heavy atom. The Morgan fingerprint density at radius 1 is 0.975 bits per heavy atom. The van der Waals surface area contributed by atoms with Gasteiger partial charge in [0.2, 0.25) is 5.91 Å². The molecule has 7 nitrogen and oxygen atoms in total. The second kappa shape index (κ2) is 13.3. The summed E-state index contributed by atoms with van der Waals surface area (Å²) in [7, 11) is -0.366. The van der Waals surface area contributed by atoms with Gasteiger partial charge in [-0.25, -0.2) is 4.79 Å². The van der Waals surface area contributed by atoms with E-state index in [1.54, 1.807) is 25.3 Å². The molecule has 0 radical (unpaired) electrons. The van der Waals surface area contributed by atoms with Crippen LogP contribution in [0.1, 0.15) is 44.7 Å². The second-order valence-corrected chi connectivity index (χ2v) is 16.5. The maximum absolute atomic E-state index is 12.8. The number of hydrogen-bond donors (Lipinski definition) is 3. The molecule has 0 unspecified atom stereocenters. The van der Waals surface area contributed by atoms with E-state index in [1.165, 1.54) is 0 Å². The van der Waals surface area contributed by atoms with Gasteiger partial charge in [0, 0.05) is 23.6 Å². The fraction of sp³-hybridized carbons (Fsp3) is 0.355. The number of amides is 2. The van der Waals surface area contributed by atoms with Crippen LogP contribution in [0.2, 0.25) is 23.2 Å². The summed E-state index contributed by atoms with van der Waals surface area (Å²) in [6.45, 7) is 11.3. The average molecular weight is 583 g/mol. The summed E-state index contributed by atoms with van der Waals surface area (Å²) in [4.78, 5) is 24.0. The minimum atomic E-state index is -1.96. The number of carbonyl (C=O) groups excluding carboxylic acids is 1. The molecule has 3 N–H and O–H groups in total. The Labute approximate surface area is 243 Å². The molecule has 3 aromatic rings. The summed E-state index contributed by atoms with van der Waals surface area (Å²) in [6, 6.07) is 18.7. The summed E-state index contributed by atoms with van der Waals surface area (Å²) in [5.74, 6) is 0.462. The van der Waals surface area contributed by atoms with Crippen LogP contribution in [0.3, 0.4) is 0 Å². The standard InChI is InChI=1S/C31H39ClN2O5Si/c1-31(2,3)40(5,6)39-20-23-18-25(32)27(19-28(23)38-4)33-29(35)14-10-11-21-15-16-26(34-30(36)37)24(17-21)22-12-8-7-9-13-22/h7-9,12-13,15-19,34H,10-11,14,20H2,1-6H3,(H,33,35)(H,36,37). The van der Waals surface area contributed by atoms with E-state index >= 15 is 0 Å². The Bertz CT molecular complexity index is 1340. The predicted octanol–water partition coefficient (Wildman–Crippen LogP) is 8.59. The Morgan fingerprint density at radius 2 is 1.68 bits per heavy atom. The van der Waals surface area contributed by atoms with E-state index < -0.39 is 14.4 Å². The number of carboxylic acid groups (broad SMARTS) is 1. The molecule has 0 aromatic heterocycles. The minimum Gasteiger partial charge on any atom is -0.496 e. The quantitative estimate of drug-likeness (QED) is 0.197. The zero-order chi connectivity index (χ0) is 29.5. The molecule has 2 amide bonds. The van der Waals surface area contributed by atoms with Gasteiger partial charge >= 0.3 is 6.09 Å². The van der Waals surface area contributed by atoms with Crippen LogP contribution in [-0.2, 0) is 22.2 Å². The molecule has 0 spiro atoms. The minimum absolute atomic E-state index is 0.0818. The van der Waals surface area contributed by atoms with Crippen LogP contribution >= 0.6 is 11.6 Å². The maximum atomic E-state index is 12.8. The molecular formula is C31H39ClN2O5Si. The van der Waals surface area contributed by atoms with Gasteiger partial charge in [0.05, 0.1) is 30.1 Å². The molecule has 0 aliphatic heterocycles. The molecule has 0 heterocycles. The number of nitrogens with one attached hydrogen (secondary N) is 2. The molecule has 9 heteroatoms. The molecule has 0 fully saturated rings. The van der Waals surface area contributed by atoms with E-state index in [0.29, 0.717) is 48.0 Å². The highest BCUT2D eigenvalue weighted by molar-refractivity contribution is 6.74. The van der Waals surface area contributed by atoms with Crippen LogP contribution in [0.15, 0.2) is 60.7 Å². The predicted molar refractivity (Wildman–Crippen MR) is 165 cm³/mol. The van der Waals surface area contributed by atoms with Crippen molar-refractivity contribution in [3.05, 3.63) is 76.8 Å². The van der Waals surface area contributed by atoms with E-state index in [1.807, 2.05) is 42.5 Å². The van der Waals surface area contributed by atoms with E-state index in [4.69, 9.17) is 20.8 Å². The highest BCUT2D eigenvalue weighted by Crippen LogP contribution is 2.39. The first-order chi connectivity index (χ1) is 18.8. The summed E-state index contributed by atoms with van der Waals surface area (Å²) in [5, 5.41) is 15.1. The van der Waals surface area contributed by atoms with Crippen LogP contribution in [0, 0.1) is 0 Å². The number of carbonyl (C=O) groups is 2. The van der Waals surface area contributed by atoms with Gasteiger partial charge in [-0.15, -0.1) is 0 Å². The summed E-state index contributed by atoms with van der Waals surface area (Å²) < 4.78 is 11.9. The highest BCUT2D eigenvalue weighted by Gasteiger charge is 2.37. The highest BCUT2D eigenvalue weighted by atomic mass is 35.5. The number of rotatable bonds is 11. The number of benzene rings is 3. The van der Waals surface area contributed by atoms with Crippen LogP contribution in [0.25, 0.3) is 11.1 Å². The van der Waals surface area contributed by atoms with Crippen molar-refractivity contribution < 1.29 is 23.9 Å². The van der Waals surface area contributed by atoms with Crippen molar-refractivity contribution in [1.82, 2.24) is 0 Å². The molecule has 214 valence electrons. The second-order valence-electron chi connectivity index (χ2n) is 11.3. The van der Waals surface area contributed by atoms with E-state index in [9.17, 15) is 14.7 Å². The molecular weight excluding hydrogens is 544 g/mol. The normalized spacial score (nSPS) is 11.7. The molecule has 3 rings (SSSR count). The van der Waals surface area contributed by atoms with Crippen molar-refractivity contribution in [1.29, 1.82) is 0 Å². The number of aryl methyl sites for hydroxylation is 1. The van der Waals surface area contributed by atoms with E-state index in [0.717, 1.165) is 22.3 Å². The Balaban J connectivity index is 1.64. The fourth-order valence-electron chi connectivity index (χ4n) is 3.96. The Kier molecular flexibility index (Phi) is 10.4. The first-order valence-electron chi connectivity index (χ1n) is 13.3. The van der Waals surface area contributed by atoms with Crippen LogP contribution in [-0.4, -0.2) is 32.5 Å². The molecule has 40 heavy (non-hydrogen) atoms. The fourth-order valence-corrected chi connectivity index (χ4v) is 5.14. The molecule has 0 bridgehead atoms. The third-order valence-corrected chi connectivity index (χ3v) is 12.1. The van der Waals surface area contributed by atoms with Gasteiger partial charge in [0.25, 0.3) is 0 Å². The summed E-state index contributed by atoms with van der Waals surface area (Å²) >= 11 is 6.54. The van der Waals surface area contributed by atoms with E-state index in [2.05, 4.69) is 44.5 Å². The molecule has 0 aliphatic rings. The average Bonchev–Trinajstić information content (AvgIpc) is 2.89. The number of hydrogen-bond acceptors (Lipinski definition) is 4. The number of anilines is 2. The first kappa shape index (κ1) is 31.2. The van der Waals surface area contributed by atoms with Crippen molar-refractivity contribution >= 4 is 43.3 Å². The third-order valence-electron chi connectivity index (χ3n) is 7.32. The van der Waals surface area contributed by atoms with Gasteiger partial charge in [-0.05, 0) is 60.3 Å². The number of methoxy groups -OCH3 is 1. The smallest absolute Gasteiger partial charge is 0.409 e. The molecule has 0 atom stereocenters. The molecule has 0 aliphatic carbocycles. The van der Waals surface area contributed by atoms with Gasteiger partial charge in [-0.1, -0.05) is 68.8 Å². The van der Waals surface area contributed by atoms with Gasteiger partial charge < -0.3 is 19.6 Å². The van der Waals surface area contributed by atoms with Crippen LogP contribution in [0.4, 0.5) is 16.2 Å². The third kappa shape index (κ3) is 8.33. The number of ether oxygens (including phenoxy) is 1. The maximum Gasteiger partial charge on any atom is 0.409 e. The van der Waals surface area contributed by atoms with Crippen LogP contribution < -0.4 is 15.4 Å². The van der Waals surface area contributed by atoms with Gasteiger partial charge in [-0.2, -0.15) is 0 Å². The molecule has 0 saturated heterocycles. The lowest BCUT2D eigenvalue weighted by atomic mass is 9.98. The number of halogens is 1. The van der Waals surface area contributed by atoms with E-state index in [-0.39, 0.29) is 10.9 Å². The lowest BCUT2D eigenvalue weighted by Gasteiger charge is -2.36. The first-order valence-corrected chi connectivity index (χ1v) is 16.6. The van der Waals surface area contributed by atoms with Crippen molar-refractivity contribution in [2.24, 2.45) is 0 Å². The van der Waals surface area contributed by atoms with Gasteiger partial charge in [-0.3, -0.25) is 10.1 Å². The summed E-state index contributed by atoms with van der Waals surface area (Å²) in [6.07, 6.45) is 0.443. The van der Waals surface area contributed by atoms with Crippen LogP contribution in [0.5, 0.6) is 5.75 Å². The van der Waals surface area contributed by atoms with Crippen molar-refractivity contribution in [3.8, 4) is 16.9 Å². The molecule has 0 saturated carbocycles. The zero-order valence-electron chi connectivity index (χ0n) is 24.1. The van der Waals surface area contributed by atoms with Crippen molar-refractivity contribution in [3.63, 3.8) is 0 Å². The van der Waals surface area contributed by atoms with Crippen molar-refractivity contribution in [2.75, 3.05) is 17.7 Å². The summed E-state index contributed by atoms with van der Waals surface area (Å²) in [5.41, 5.74) is 4.56. The lowest BCUT2D eigenvalue weighted by Crippen LogP contribution is -2.40. The lowest BCUT2D eigenvalue weighted by molar-refractivity contribution is -0.116. The Hall–Kier alpha value is -3.33. The largest absolute Gasteiger partial charge is 0.496 e. The van der Waals surface area contributed by atoms with Crippen molar-refractivity contribution in [2.45, 2.75) is 64.8 Å². The van der Waals surface area contributed by atoms with Gasteiger partial charge in [0.1, 0.15) is 5.75 Å². The topological polar surface area (TPSA) is 96.9 Å². The van der Waals surface area contributed by atoms with Gasteiger partial charge in [0.15, 0.2) is 8.32 Å².